The van der Waals surface area contributed by atoms with E-state index in [4.69, 9.17) is 5.73 Å². The predicted octanol–water partition coefficient (Wildman–Crippen LogP) is 3.39. The summed E-state index contributed by atoms with van der Waals surface area (Å²) in [6.45, 7) is 0. The Morgan fingerprint density at radius 1 is 1.22 bits per heavy atom. The number of nitrogens with zero attached hydrogens (tertiary/aromatic N) is 1. The molecule has 1 aliphatic rings. The third-order valence-corrected chi connectivity index (χ3v) is 3.88. The van der Waals surface area contributed by atoms with Crippen LogP contribution in [0.4, 0.5) is 11.4 Å². The lowest BCUT2D eigenvalue weighted by molar-refractivity contribution is 1.04. The number of benzene rings is 1. The van der Waals surface area contributed by atoms with Crippen LogP contribution in [0.15, 0.2) is 47.2 Å². The van der Waals surface area contributed by atoms with E-state index in [0.29, 0.717) is 17.6 Å². The molecule has 1 heterocycles. The Balaban J connectivity index is 1.73. The minimum absolute atomic E-state index is 0.466. The van der Waals surface area contributed by atoms with Crippen molar-refractivity contribution in [3.8, 4) is 0 Å². The molecule has 1 aromatic carbocycles. The van der Waals surface area contributed by atoms with Gasteiger partial charge in [-0.25, -0.2) is 0 Å². The first-order chi connectivity index (χ1) is 8.75. The maximum atomic E-state index is 5.93. The predicted molar refractivity (Wildman–Crippen MR) is 77.6 cm³/mol. The summed E-state index contributed by atoms with van der Waals surface area (Å²) >= 11 is 3.47. The molecular formula is C14H14BrN3. The first-order valence-corrected chi connectivity index (χ1v) is 6.75. The standard InChI is InChI=1S/C14H14BrN3/c15-11-7-17-8-12(16)14(11)18-13-6-10(13)9-4-2-1-3-5-9/h1-5,7-8,10,13H,6,16H2,(H,17,18). The summed E-state index contributed by atoms with van der Waals surface area (Å²) in [4.78, 5) is 4.04. The Hall–Kier alpha value is -1.55. The minimum atomic E-state index is 0.466. The lowest BCUT2D eigenvalue weighted by atomic mass is 10.1. The SMILES string of the molecule is Nc1cncc(Br)c1NC1CC1c1ccccc1. The number of hydrogen-bond donors (Lipinski definition) is 2. The molecular weight excluding hydrogens is 290 g/mol. The van der Waals surface area contributed by atoms with E-state index in [1.165, 1.54) is 5.56 Å². The first-order valence-electron chi connectivity index (χ1n) is 5.96. The molecule has 2 atom stereocenters. The van der Waals surface area contributed by atoms with E-state index in [1.807, 2.05) is 6.07 Å². The van der Waals surface area contributed by atoms with Gasteiger partial charge in [-0.3, -0.25) is 4.98 Å². The van der Waals surface area contributed by atoms with Crippen LogP contribution in [0.1, 0.15) is 17.9 Å². The van der Waals surface area contributed by atoms with E-state index in [-0.39, 0.29) is 0 Å². The van der Waals surface area contributed by atoms with Crippen LogP contribution >= 0.6 is 15.9 Å². The lowest BCUT2D eigenvalue weighted by Gasteiger charge is -2.10. The molecule has 18 heavy (non-hydrogen) atoms. The van der Waals surface area contributed by atoms with Gasteiger partial charge >= 0.3 is 0 Å². The van der Waals surface area contributed by atoms with Crippen molar-refractivity contribution in [3.05, 3.63) is 52.8 Å². The molecule has 3 rings (SSSR count). The largest absolute Gasteiger partial charge is 0.396 e. The van der Waals surface area contributed by atoms with E-state index in [2.05, 4.69) is 50.5 Å². The van der Waals surface area contributed by atoms with Crippen LogP contribution in [-0.2, 0) is 0 Å². The number of rotatable bonds is 3. The molecule has 3 nitrogen and oxygen atoms in total. The third kappa shape index (κ3) is 2.20. The van der Waals surface area contributed by atoms with Gasteiger partial charge in [-0.2, -0.15) is 0 Å². The summed E-state index contributed by atoms with van der Waals surface area (Å²) in [5, 5.41) is 3.49. The molecule has 3 N–H and O–H groups in total. The van der Waals surface area contributed by atoms with E-state index in [0.717, 1.165) is 16.6 Å². The smallest absolute Gasteiger partial charge is 0.0752 e. The summed E-state index contributed by atoms with van der Waals surface area (Å²) in [6.07, 6.45) is 4.59. The second-order valence-corrected chi connectivity index (χ2v) is 5.44. The fourth-order valence-corrected chi connectivity index (χ4v) is 2.67. The van der Waals surface area contributed by atoms with Gasteiger partial charge in [0, 0.05) is 18.2 Å². The van der Waals surface area contributed by atoms with E-state index in [1.54, 1.807) is 12.4 Å². The number of nitrogens with one attached hydrogen (secondary N) is 1. The molecule has 1 aliphatic carbocycles. The fourth-order valence-electron chi connectivity index (χ4n) is 2.21. The van der Waals surface area contributed by atoms with Crippen LogP contribution in [-0.4, -0.2) is 11.0 Å². The molecule has 2 aromatic rings. The highest BCUT2D eigenvalue weighted by molar-refractivity contribution is 9.10. The zero-order valence-corrected chi connectivity index (χ0v) is 11.4. The summed E-state index contributed by atoms with van der Waals surface area (Å²) in [5.41, 5.74) is 8.95. The van der Waals surface area contributed by atoms with Crippen molar-refractivity contribution >= 4 is 27.3 Å². The molecule has 1 saturated carbocycles. The number of hydrogen-bond acceptors (Lipinski definition) is 3. The average molecular weight is 304 g/mol. The molecule has 0 saturated heterocycles. The normalized spacial score (nSPS) is 21.6. The number of nitrogen functional groups attached to an aromatic ring is 1. The van der Waals surface area contributed by atoms with Crippen LogP contribution in [0, 0.1) is 0 Å². The molecule has 0 amide bonds. The fraction of sp³-hybridized carbons (Fsp3) is 0.214. The summed E-state index contributed by atoms with van der Waals surface area (Å²) in [5.74, 6) is 0.589. The lowest BCUT2D eigenvalue weighted by Crippen LogP contribution is -2.07. The Morgan fingerprint density at radius 2 is 2.00 bits per heavy atom. The van der Waals surface area contributed by atoms with Gasteiger partial charge < -0.3 is 11.1 Å². The topological polar surface area (TPSA) is 50.9 Å². The van der Waals surface area contributed by atoms with Crippen molar-refractivity contribution in [1.82, 2.24) is 4.98 Å². The van der Waals surface area contributed by atoms with Crippen LogP contribution in [0.25, 0.3) is 0 Å². The Labute approximate surface area is 115 Å². The molecule has 1 aromatic heterocycles. The second-order valence-electron chi connectivity index (χ2n) is 4.59. The number of pyridine rings is 1. The van der Waals surface area contributed by atoms with Gasteiger partial charge in [-0.15, -0.1) is 0 Å². The summed E-state index contributed by atoms with van der Waals surface area (Å²) in [7, 11) is 0. The first kappa shape index (κ1) is 11.5. The summed E-state index contributed by atoms with van der Waals surface area (Å²) in [6, 6.07) is 11.0. The van der Waals surface area contributed by atoms with Crippen molar-refractivity contribution in [2.75, 3.05) is 11.1 Å². The van der Waals surface area contributed by atoms with E-state index < -0.39 is 0 Å². The van der Waals surface area contributed by atoms with Gasteiger partial charge in [0.1, 0.15) is 0 Å². The van der Waals surface area contributed by atoms with Crippen LogP contribution in [0.5, 0.6) is 0 Å². The van der Waals surface area contributed by atoms with Crippen molar-refractivity contribution in [1.29, 1.82) is 0 Å². The molecule has 0 radical (unpaired) electrons. The second kappa shape index (κ2) is 4.61. The van der Waals surface area contributed by atoms with Crippen molar-refractivity contribution in [2.24, 2.45) is 0 Å². The zero-order valence-electron chi connectivity index (χ0n) is 9.81. The van der Waals surface area contributed by atoms with Crippen LogP contribution in [0.2, 0.25) is 0 Å². The third-order valence-electron chi connectivity index (χ3n) is 3.28. The molecule has 0 bridgehead atoms. The van der Waals surface area contributed by atoms with Gasteiger partial charge in [0.25, 0.3) is 0 Å². The van der Waals surface area contributed by atoms with Gasteiger partial charge in [0.2, 0.25) is 0 Å². The zero-order chi connectivity index (χ0) is 12.5. The Kier molecular flexibility index (Phi) is 2.96. The monoisotopic (exact) mass is 303 g/mol. The van der Waals surface area contributed by atoms with Crippen LogP contribution < -0.4 is 11.1 Å². The minimum Gasteiger partial charge on any atom is -0.396 e. The Morgan fingerprint density at radius 3 is 2.72 bits per heavy atom. The average Bonchev–Trinajstić information content (AvgIpc) is 3.15. The number of aromatic nitrogens is 1. The van der Waals surface area contributed by atoms with Crippen molar-refractivity contribution in [2.45, 2.75) is 18.4 Å². The summed E-state index contributed by atoms with van der Waals surface area (Å²) < 4.78 is 0.918. The van der Waals surface area contributed by atoms with E-state index in [9.17, 15) is 0 Å². The number of halogens is 1. The Bertz CT molecular complexity index is 536. The molecule has 1 fully saturated rings. The van der Waals surface area contributed by atoms with E-state index >= 15 is 0 Å². The highest BCUT2D eigenvalue weighted by atomic mass is 79.9. The molecule has 4 heteroatoms. The van der Waals surface area contributed by atoms with Gasteiger partial charge in [0.15, 0.2) is 0 Å². The number of anilines is 2. The maximum Gasteiger partial charge on any atom is 0.0752 e. The molecule has 92 valence electrons. The number of nitrogens with two attached hydrogens (primary N) is 1. The van der Waals surface area contributed by atoms with Crippen LogP contribution in [0.3, 0.4) is 0 Å². The molecule has 0 aliphatic heterocycles. The van der Waals surface area contributed by atoms with Gasteiger partial charge in [0.05, 0.1) is 22.0 Å². The highest BCUT2D eigenvalue weighted by Gasteiger charge is 2.38. The van der Waals surface area contributed by atoms with Gasteiger partial charge in [-0.05, 0) is 27.9 Å². The van der Waals surface area contributed by atoms with Crippen molar-refractivity contribution in [3.63, 3.8) is 0 Å². The highest BCUT2D eigenvalue weighted by Crippen LogP contribution is 2.44. The van der Waals surface area contributed by atoms with Crippen molar-refractivity contribution < 1.29 is 0 Å². The molecule has 2 unspecified atom stereocenters. The van der Waals surface area contributed by atoms with Gasteiger partial charge in [-0.1, -0.05) is 30.3 Å². The quantitative estimate of drug-likeness (QED) is 0.914. The molecule has 0 spiro atoms. The maximum absolute atomic E-state index is 5.93.